The Labute approximate surface area is 157 Å². The highest BCUT2D eigenvalue weighted by Crippen LogP contribution is 2.51. The second-order valence-corrected chi connectivity index (χ2v) is 8.86. The van der Waals surface area contributed by atoms with Gasteiger partial charge in [-0.1, -0.05) is 30.3 Å². The van der Waals surface area contributed by atoms with Crippen LogP contribution in [0.3, 0.4) is 0 Å². The minimum Gasteiger partial charge on any atom is -0.479 e. The van der Waals surface area contributed by atoms with Crippen molar-refractivity contribution < 1.29 is 23.1 Å². The number of nitrogens with zero attached hydrogens (tertiary/aromatic N) is 1. The van der Waals surface area contributed by atoms with Crippen molar-refractivity contribution in [3.8, 4) is 0 Å². The first-order chi connectivity index (χ1) is 12.7. The number of hydrogen-bond donors (Lipinski definition) is 2. The number of carboxylic acids is 1. The molecule has 0 aliphatic heterocycles. The van der Waals surface area contributed by atoms with Gasteiger partial charge < -0.3 is 10.4 Å². The lowest BCUT2D eigenvalue weighted by Crippen LogP contribution is -2.44. The largest absolute Gasteiger partial charge is 0.479 e. The Bertz CT molecular complexity index is 971. The van der Waals surface area contributed by atoms with Gasteiger partial charge >= 0.3 is 5.97 Å². The second-order valence-electron chi connectivity index (χ2n) is 6.71. The zero-order chi connectivity index (χ0) is 19.8. The molecule has 1 aliphatic rings. The molecule has 2 aromatic rings. The van der Waals surface area contributed by atoms with Gasteiger partial charge in [-0.3, -0.25) is 4.79 Å². The molecule has 1 aliphatic carbocycles. The molecule has 142 valence electrons. The molecule has 3 rings (SSSR count). The van der Waals surface area contributed by atoms with Gasteiger partial charge in [0.05, 0.1) is 4.90 Å². The summed E-state index contributed by atoms with van der Waals surface area (Å²) in [5, 5.41) is 12.3. The van der Waals surface area contributed by atoms with Crippen LogP contribution in [0.2, 0.25) is 0 Å². The number of amides is 1. The molecule has 2 atom stereocenters. The number of sulfonamides is 1. The predicted octanol–water partition coefficient (Wildman–Crippen LogP) is 1.68. The Balaban J connectivity index is 1.79. The van der Waals surface area contributed by atoms with Gasteiger partial charge in [-0.25, -0.2) is 17.5 Å². The van der Waals surface area contributed by atoms with Crippen LogP contribution in [0.25, 0.3) is 0 Å². The number of carbonyl (C=O) groups is 2. The van der Waals surface area contributed by atoms with Gasteiger partial charge in [-0.15, -0.1) is 0 Å². The lowest BCUT2D eigenvalue weighted by Gasteiger charge is -2.16. The van der Waals surface area contributed by atoms with E-state index in [2.05, 4.69) is 5.32 Å². The van der Waals surface area contributed by atoms with Crippen LogP contribution in [0.1, 0.15) is 28.3 Å². The van der Waals surface area contributed by atoms with Crippen molar-refractivity contribution in [3.05, 3.63) is 65.7 Å². The lowest BCUT2D eigenvalue weighted by molar-refractivity contribution is -0.140. The van der Waals surface area contributed by atoms with E-state index in [1.165, 1.54) is 38.4 Å². The van der Waals surface area contributed by atoms with Crippen LogP contribution in [0.5, 0.6) is 0 Å². The third kappa shape index (κ3) is 3.45. The summed E-state index contributed by atoms with van der Waals surface area (Å²) in [5.74, 6) is -1.94. The first kappa shape index (κ1) is 19.1. The number of carboxylic acid groups (broad SMARTS) is 1. The third-order valence-electron chi connectivity index (χ3n) is 4.78. The average molecular weight is 388 g/mol. The smallest absolute Gasteiger partial charge is 0.330 e. The summed E-state index contributed by atoms with van der Waals surface area (Å²) in [4.78, 5) is 24.4. The molecular weight excluding hydrogens is 368 g/mol. The quantitative estimate of drug-likeness (QED) is 0.784. The van der Waals surface area contributed by atoms with Gasteiger partial charge in [-0.2, -0.15) is 0 Å². The monoisotopic (exact) mass is 388 g/mol. The van der Waals surface area contributed by atoms with Crippen molar-refractivity contribution in [2.45, 2.75) is 22.8 Å². The third-order valence-corrected chi connectivity index (χ3v) is 6.61. The van der Waals surface area contributed by atoms with Crippen molar-refractivity contribution in [2.24, 2.45) is 0 Å². The maximum atomic E-state index is 12.5. The molecule has 0 radical (unpaired) electrons. The maximum Gasteiger partial charge on any atom is 0.330 e. The molecule has 27 heavy (non-hydrogen) atoms. The number of rotatable bonds is 6. The van der Waals surface area contributed by atoms with E-state index in [4.69, 9.17) is 0 Å². The molecular formula is C19H20N2O5S. The number of benzene rings is 2. The van der Waals surface area contributed by atoms with Crippen LogP contribution in [-0.2, 0) is 14.8 Å². The van der Waals surface area contributed by atoms with Crippen LogP contribution in [0.15, 0.2) is 59.5 Å². The first-order valence-corrected chi connectivity index (χ1v) is 9.76. The molecule has 7 nitrogen and oxygen atoms in total. The van der Waals surface area contributed by atoms with E-state index in [1.54, 1.807) is 0 Å². The van der Waals surface area contributed by atoms with Crippen molar-refractivity contribution in [3.63, 3.8) is 0 Å². The highest BCUT2D eigenvalue weighted by Gasteiger charge is 2.62. The standard InChI is InChI=1S/C19H20N2O5S/c1-21(2)27(25,26)15-10-8-14(9-11-15)17(22)20-19(18(23)24)12-16(19)13-6-4-3-5-7-13/h3-11,16H,12H2,1-2H3,(H,20,22)(H,23,24). The molecule has 8 heteroatoms. The van der Waals surface area contributed by atoms with E-state index in [0.29, 0.717) is 6.42 Å². The summed E-state index contributed by atoms with van der Waals surface area (Å²) in [6, 6.07) is 14.6. The fourth-order valence-electron chi connectivity index (χ4n) is 3.04. The molecule has 1 amide bonds. The first-order valence-electron chi connectivity index (χ1n) is 8.32. The maximum absolute atomic E-state index is 12.5. The second kappa shape index (κ2) is 6.79. The lowest BCUT2D eigenvalue weighted by atomic mass is 10.1. The van der Waals surface area contributed by atoms with Gasteiger partial charge in [-0.05, 0) is 36.2 Å². The minimum absolute atomic E-state index is 0.0607. The van der Waals surface area contributed by atoms with Crippen LogP contribution in [-0.4, -0.2) is 49.3 Å². The van der Waals surface area contributed by atoms with Crippen LogP contribution >= 0.6 is 0 Å². The zero-order valence-electron chi connectivity index (χ0n) is 14.9. The van der Waals surface area contributed by atoms with Gasteiger partial charge in [0.25, 0.3) is 5.91 Å². The molecule has 0 heterocycles. The van der Waals surface area contributed by atoms with Gasteiger partial charge in [0.2, 0.25) is 10.0 Å². The summed E-state index contributed by atoms with van der Waals surface area (Å²) in [6.07, 6.45) is 0.311. The Morgan fingerprint density at radius 2 is 1.67 bits per heavy atom. The normalized spacial score (nSPS) is 21.7. The average Bonchev–Trinajstić information content (AvgIpc) is 3.38. The van der Waals surface area contributed by atoms with Crippen molar-refractivity contribution in [1.29, 1.82) is 0 Å². The van der Waals surface area contributed by atoms with Gasteiger partial charge in [0.1, 0.15) is 5.54 Å². The number of nitrogens with one attached hydrogen (secondary N) is 1. The number of aliphatic carboxylic acids is 1. The Morgan fingerprint density at radius 3 is 2.19 bits per heavy atom. The molecule has 2 N–H and O–H groups in total. The fraction of sp³-hybridized carbons (Fsp3) is 0.263. The molecule has 2 aromatic carbocycles. The topological polar surface area (TPSA) is 104 Å². The van der Waals surface area contributed by atoms with Crippen molar-refractivity contribution >= 4 is 21.9 Å². The number of hydrogen-bond acceptors (Lipinski definition) is 4. The van der Waals surface area contributed by atoms with Crippen LogP contribution in [0, 0.1) is 0 Å². The SMILES string of the molecule is CN(C)S(=O)(=O)c1ccc(C(=O)NC2(C(=O)O)CC2c2ccccc2)cc1. The Hall–Kier alpha value is -2.71. The highest BCUT2D eigenvalue weighted by atomic mass is 32.2. The highest BCUT2D eigenvalue weighted by molar-refractivity contribution is 7.89. The van der Waals surface area contributed by atoms with E-state index >= 15 is 0 Å². The minimum atomic E-state index is -3.59. The Morgan fingerprint density at radius 1 is 1.07 bits per heavy atom. The molecule has 0 bridgehead atoms. The summed E-state index contributed by atoms with van der Waals surface area (Å²) in [6.45, 7) is 0. The summed E-state index contributed by atoms with van der Waals surface area (Å²) < 4.78 is 25.3. The van der Waals surface area contributed by atoms with Crippen molar-refractivity contribution in [2.75, 3.05) is 14.1 Å². The number of carbonyl (C=O) groups excluding carboxylic acids is 1. The molecule has 0 saturated heterocycles. The summed E-state index contributed by atoms with van der Waals surface area (Å²) in [7, 11) is -0.753. The van der Waals surface area contributed by atoms with Crippen molar-refractivity contribution in [1.82, 2.24) is 9.62 Å². The summed E-state index contributed by atoms with van der Waals surface area (Å²) >= 11 is 0. The van der Waals surface area contributed by atoms with E-state index in [9.17, 15) is 23.1 Å². The van der Waals surface area contributed by atoms with Crippen LogP contribution in [0.4, 0.5) is 0 Å². The molecule has 1 fully saturated rings. The molecule has 2 unspecified atom stereocenters. The predicted molar refractivity (Wildman–Crippen MR) is 98.9 cm³/mol. The van der Waals surface area contributed by atoms with E-state index < -0.39 is 27.4 Å². The zero-order valence-corrected chi connectivity index (χ0v) is 15.7. The molecule has 1 saturated carbocycles. The van der Waals surface area contributed by atoms with E-state index in [1.807, 2.05) is 30.3 Å². The van der Waals surface area contributed by atoms with E-state index in [0.717, 1.165) is 9.87 Å². The van der Waals surface area contributed by atoms with Gasteiger partial charge in [0.15, 0.2) is 0 Å². The van der Waals surface area contributed by atoms with E-state index in [-0.39, 0.29) is 16.4 Å². The fourth-order valence-corrected chi connectivity index (χ4v) is 3.94. The molecule has 0 spiro atoms. The van der Waals surface area contributed by atoms with Crippen LogP contribution < -0.4 is 5.32 Å². The molecule has 0 aromatic heterocycles. The Kier molecular flexibility index (Phi) is 4.79. The van der Waals surface area contributed by atoms with Gasteiger partial charge in [0, 0.05) is 25.6 Å². The summed E-state index contributed by atoms with van der Waals surface area (Å²) in [5.41, 5.74) is -0.285.